The van der Waals surface area contributed by atoms with Crippen molar-refractivity contribution in [1.82, 2.24) is 14.8 Å². The monoisotopic (exact) mass is 227 g/mol. The van der Waals surface area contributed by atoms with Gasteiger partial charge in [0.05, 0.1) is 0 Å². The van der Waals surface area contributed by atoms with Crippen LogP contribution in [-0.4, -0.2) is 20.1 Å². The minimum Gasteiger partial charge on any atom is -0.253 e. The Bertz CT molecular complexity index is 345. The molecule has 1 aliphatic carbocycles. The van der Waals surface area contributed by atoms with E-state index < -0.39 is 0 Å². The fraction of sp³-hybridized carbons (Fsp3) is 0.818. The zero-order valence-electron chi connectivity index (χ0n) is 9.57. The molecule has 1 heterocycles. The van der Waals surface area contributed by atoms with Crippen LogP contribution < -0.4 is 0 Å². The standard InChI is InChI=1S/C11H18ClN3/c1-11(2)5-4-8(12)6-9(11)10-13-7-14-15(10)3/h7-9H,4-6H2,1-3H3. The zero-order valence-corrected chi connectivity index (χ0v) is 10.3. The zero-order chi connectivity index (χ0) is 11.1. The number of halogens is 1. The van der Waals surface area contributed by atoms with E-state index in [9.17, 15) is 0 Å². The molecule has 15 heavy (non-hydrogen) atoms. The average molecular weight is 228 g/mol. The predicted octanol–water partition coefficient (Wildman–Crippen LogP) is 2.72. The first kappa shape index (κ1) is 10.9. The molecule has 84 valence electrons. The summed E-state index contributed by atoms with van der Waals surface area (Å²) in [4.78, 5) is 4.36. The number of alkyl halides is 1. The summed E-state index contributed by atoms with van der Waals surface area (Å²) in [5.41, 5.74) is 0.284. The van der Waals surface area contributed by atoms with Crippen LogP contribution in [0.25, 0.3) is 0 Å². The molecule has 2 rings (SSSR count). The highest BCUT2D eigenvalue weighted by Crippen LogP contribution is 2.47. The molecule has 0 aromatic carbocycles. The highest BCUT2D eigenvalue weighted by molar-refractivity contribution is 6.20. The van der Waals surface area contributed by atoms with Crippen molar-refractivity contribution < 1.29 is 0 Å². The fourth-order valence-electron chi connectivity index (χ4n) is 2.47. The first-order valence-corrected chi connectivity index (χ1v) is 5.92. The van der Waals surface area contributed by atoms with E-state index in [0.29, 0.717) is 11.3 Å². The van der Waals surface area contributed by atoms with Crippen molar-refractivity contribution in [3.05, 3.63) is 12.2 Å². The van der Waals surface area contributed by atoms with E-state index in [-0.39, 0.29) is 5.41 Å². The van der Waals surface area contributed by atoms with Gasteiger partial charge in [0, 0.05) is 18.3 Å². The lowest BCUT2D eigenvalue weighted by Gasteiger charge is -2.39. The molecule has 2 atom stereocenters. The van der Waals surface area contributed by atoms with Crippen LogP contribution in [0.1, 0.15) is 44.9 Å². The van der Waals surface area contributed by atoms with Gasteiger partial charge in [0.15, 0.2) is 0 Å². The molecule has 0 aliphatic heterocycles. The molecule has 1 aromatic heterocycles. The summed E-state index contributed by atoms with van der Waals surface area (Å²) in [6, 6.07) is 0. The molecule has 1 saturated carbocycles. The van der Waals surface area contributed by atoms with E-state index in [4.69, 9.17) is 11.6 Å². The van der Waals surface area contributed by atoms with E-state index >= 15 is 0 Å². The largest absolute Gasteiger partial charge is 0.253 e. The third-order valence-corrected chi connectivity index (χ3v) is 3.99. The normalized spacial score (nSPS) is 30.4. The van der Waals surface area contributed by atoms with Crippen LogP contribution in [0.5, 0.6) is 0 Å². The Morgan fingerprint density at radius 3 is 2.87 bits per heavy atom. The van der Waals surface area contributed by atoms with Crippen molar-refractivity contribution in [2.45, 2.75) is 44.4 Å². The molecule has 0 N–H and O–H groups in total. The second-order valence-corrected chi connectivity index (χ2v) is 5.77. The van der Waals surface area contributed by atoms with E-state index in [1.54, 1.807) is 6.33 Å². The molecule has 2 unspecified atom stereocenters. The molecule has 1 fully saturated rings. The van der Waals surface area contributed by atoms with Crippen LogP contribution in [-0.2, 0) is 7.05 Å². The molecule has 1 aromatic rings. The second-order valence-electron chi connectivity index (χ2n) is 5.15. The summed E-state index contributed by atoms with van der Waals surface area (Å²) < 4.78 is 1.88. The maximum absolute atomic E-state index is 6.25. The van der Waals surface area contributed by atoms with Gasteiger partial charge in [-0.25, -0.2) is 4.98 Å². The van der Waals surface area contributed by atoms with Gasteiger partial charge in [0.2, 0.25) is 0 Å². The molecular weight excluding hydrogens is 210 g/mol. The van der Waals surface area contributed by atoms with Crippen LogP contribution in [0.15, 0.2) is 6.33 Å². The fourth-order valence-corrected chi connectivity index (χ4v) is 2.76. The van der Waals surface area contributed by atoms with Crippen molar-refractivity contribution in [2.24, 2.45) is 12.5 Å². The van der Waals surface area contributed by atoms with E-state index in [0.717, 1.165) is 18.7 Å². The van der Waals surface area contributed by atoms with Crippen LogP contribution >= 0.6 is 11.6 Å². The molecule has 0 saturated heterocycles. The van der Waals surface area contributed by atoms with E-state index in [1.807, 2.05) is 11.7 Å². The number of aryl methyl sites for hydroxylation is 1. The second kappa shape index (κ2) is 3.78. The maximum atomic E-state index is 6.25. The van der Waals surface area contributed by atoms with Gasteiger partial charge >= 0.3 is 0 Å². The molecular formula is C11H18ClN3. The first-order valence-electron chi connectivity index (χ1n) is 5.48. The van der Waals surface area contributed by atoms with Gasteiger partial charge in [-0.3, -0.25) is 4.68 Å². The quantitative estimate of drug-likeness (QED) is 0.691. The van der Waals surface area contributed by atoms with Crippen LogP contribution in [0.3, 0.4) is 0 Å². The highest BCUT2D eigenvalue weighted by Gasteiger charge is 2.38. The number of aromatic nitrogens is 3. The number of hydrogen-bond acceptors (Lipinski definition) is 2. The molecule has 0 bridgehead atoms. The smallest absolute Gasteiger partial charge is 0.138 e. The number of hydrogen-bond donors (Lipinski definition) is 0. The van der Waals surface area contributed by atoms with Crippen molar-refractivity contribution >= 4 is 11.6 Å². The minimum absolute atomic E-state index is 0.284. The van der Waals surface area contributed by atoms with Crippen molar-refractivity contribution in [2.75, 3.05) is 0 Å². The molecule has 0 amide bonds. The third-order valence-electron chi connectivity index (χ3n) is 3.59. The van der Waals surface area contributed by atoms with Crippen LogP contribution in [0, 0.1) is 5.41 Å². The SMILES string of the molecule is Cn1ncnc1C1CC(Cl)CCC1(C)C. The summed E-state index contributed by atoms with van der Waals surface area (Å²) in [6.07, 6.45) is 4.92. The molecule has 0 radical (unpaired) electrons. The van der Waals surface area contributed by atoms with Crippen LogP contribution in [0.4, 0.5) is 0 Å². The maximum Gasteiger partial charge on any atom is 0.138 e. The summed E-state index contributed by atoms with van der Waals surface area (Å²) in [5.74, 6) is 1.51. The Labute approximate surface area is 95.8 Å². The van der Waals surface area contributed by atoms with Gasteiger partial charge in [0.1, 0.15) is 12.2 Å². The highest BCUT2D eigenvalue weighted by atomic mass is 35.5. The summed E-state index contributed by atoms with van der Waals surface area (Å²) in [7, 11) is 1.95. The Kier molecular flexibility index (Phi) is 2.75. The van der Waals surface area contributed by atoms with Gasteiger partial charge in [-0.05, 0) is 24.7 Å². The Hall–Kier alpha value is -0.570. The van der Waals surface area contributed by atoms with Crippen molar-refractivity contribution in [3.8, 4) is 0 Å². The number of nitrogens with zero attached hydrogens (tertiary/aromatic N) is 3. The molecule has 0 spiro atoms. The Balaban J connectivity index is 2.29. The third kappa shape index (κ3) is 2.03. The van der Waals surface area contributed by atoms with Crippen LogP contribution in [0.2, 0.25) is 0 Å². The van der Waals surface area contributed by atoms with Crippen molar-refractivity contribution in [1.29, 1.82) is 0 Å². The van der Waals surface area contributed by atoms with Gasteiger partial charge < -0.3 is 0 Å². The molecule has 3 nitrogen and oxygen atoms in total. The number of rotatable bonds is 1. The predicted molar refractivity (Wildman–Crippen MR) is 61.0 cm³/mol. The molecule has 4 heteroatoms. The Morgan fingerprint density at radius 2 is 2.27 bits per heavy atom. The van der Waals surface area contributed by atoms with Gasteiger partial charge in [-0.1, -0.05) is 13.8 Å². The lowest BCUT2D eigenvalue weighted by Crippen LogP contribution is -2.32. The summed E-state index contributed by atoms with van der Waals surface area (Å²) in [6.45, 7) is 4.60. The van der Waals surface area contributed by atoms with Gasteiger partial charge in [0.25, 0.3) is 0 Å². The molecule has 1 aliphatic rings. The minimum atomic E-state index is 0.284. The Morgan fingerprint density at radius 1 is 1.53 bits per heavy atom. The summed E-state index contributed by atoms with van der Waals surface area (Å²) >= 11 is 6.25. The first-order chi connectivity index (χ1) is 7.00. The van der Waals surface area contributed by atoms with Crippen molar-refractivity contribution in [3.63, 3.8) is 0 Å². The summed E-state index contributed by atoms with van der Waals surface area (Å²) in [5, 5.41) is 4.44. The van der Waals surface area contributed by atoms with Gasteiger partial charge in [-0.15, -0.1) is 11.6 Å². The lowest BCUT2D eigenvalue weighted by molar-refractivity contribution is 0.191. The van der Waals surface area contributed by atoms with Gasteiger partial charge in [-0.2, -0.15) is 5.10 Å². The van der Waals surface area contributed by atoms with E-state index in [2.05, 4.69) is 23.9 Å². The lowest BCUT2D eigenvalue weighted by atomic mass is 9.68. The topological polar surface area (TPSA) is 30.7 Å². The van der Waals surface area contributed by atoms with E-state index in [1.165, 1.54) is 6.42 Å². The average Bonchev–Trinajstić information content (AvgIpc) is 2.56.